The number of hydrogen-bond donors (Lipinski definition) is 2. The lowest BCUT2D eigenvalue weighted by Gasteiger charge is -2.37. The van der Waals surface area contributed by atoms with Crippen LogP contribution in [0.15, 0.2) is 0 Å². The zero-order valence-corrected chi connectivity index (χ0v) is 8.67. The Bertz CT molecular complexity index is 124. The summed E-state index contributed by atoms with van der Waals surface area (Å²) in [5.41, 5.74) is 5.63. The number of nitrogens with two attached hydrogens (primary N) is 1. The largest absolute Gasteiger partial charge is 0.392 e. The Hall–Kier alpha value is -0.120. The zero-order valence-electron chi connectivity index (χ0n) is 8.67. The van der Waals surface area contributed by atoms with Gasteiger partial charge in [-0.15, -0.1) is 0 Å². The van der Waals surface area contributed by atoms with E-state index in [1.807, 2.05) is 0 Å². The maximum Gasteiger partial charge on any atom is 0.0639 e. The van der Waals surface area contributed by atoms with Crippen molar-refractivity contribution in [1.82, 2.24) is 4.90 Å². The van der Waals surface area contributed by atoms with E-state index >= 15 is 0 Å². The van der Waals surface area contributed by atoms with Gasteiger partial charge in [0.2, 0.25) is 0 Å². The molecule has 0 aliphatic rings. The first-order valence-corrected chi connectivity index (χ1v) is 4.57. The molecule has 3 N–H and O–H groups in total. The topological polar surface area (TPSA) is 49.5 Å². The van der Waals surface area contributed by atoms with Crippen molar-refractivity contribution in [2.45, 2.75) is 39.3 Å². The molecule has 3 heteroatoms. The van der Waals surface area contributed by atoms with Gasteiger partial charge in [-0.25, -0.2) is 0 Å². The smallest absolute Gasteiger partial charge is 0.0639 e. The Balaban J connectivity index is 4.13. The summed E-state index contributed by atoms with van der Waals surface area (Å²) in [6, 6.07) is 0. The lowest BCUT2D eigenvalue weighted by molar-refractivity contribution is 0.0669. The van der Waals surface area contributed by atoms with E-state index in [1.54, 1.807) is 6.92 Å². The Morgan fingerprint density at radius 2 is 2.00 bits per heavy atom. The molecule has 3 nitrogen and oxygen atoms in total. The minimum atomic E-state index is -0.282. The molecule has 74 valence electrons. The van der Waals surface area contributed by atoms with Gasteiger partial charge >= 0.3 is 0 Å². The molecular weight excluding hydrogens is 152 g/mol. The Morgan fingerprint density at radius 3 is 2.25 bits per heavy atom. The second kappa shape index (κ2) is 4.80. The highest BCUT2D eigenvalue weighted by molar-refractivity contribution is 4.82. The third-order valence-corrected chi connectivity index (χ3v) is 2.22. The standard InChI is InChI=1S/C9H22N2O/c1-5-11(6-8(2)12)9(3,4)7-10/h8,12H,5-7,10H2,1-4H3. The molecule has 0 aliphatic heterocycles. The zero-order chi connectivity index (χ0) is 9.78. The van der Waals surface area contributed by atoms with Crippen molar-refractivity contribution in [3.05, 3.63) is 0 Å². The summed E-state index contributed by atoms with van der Waals surface area (Å²) < 4.78 is 0. The Morgan fingerprint density at radius 1 is 1.50 bits per heavy atom. The molecule has 0 aliphatic carbocycles. The highest BCUT2D eigenvalue weighted by Gasteiger charge is 2.24. The summed E-state index contributed by atoms with van der Waals surface area (Å²) in [6.07, 6.45) is -0.282. The molecule has 0 aromatic carbocycles. The number of aliphatic hydroxyl groups excluding tert-OH is 1. The molecule has 0 saturated heterocycles. The van der Waals surface area contributed by atoms with Crippen LogP contribution in [0, 0.1) is 0 Å². The van der Waals surface area contributed by atoms with Crippen molar-refractivity contribution in [3.8, 4) is 0 Å². The maximum absolute atomic E-state index is 9.23. The van der Waals surface area contributed by atoms with E-state index in [0.717, 1.165) is 6.54 Å². The van der Waals surface area contributed by atoms with Crippen LogP contribution in [0.5, 0.6) is 0 Å². The predicted molar refractivity (Wildman–Crippen MR) is 52.1 cm³/mol. The fourth-order valence-corrected chi connectivity index (χ4v) is 1.25. The average molecular weight is 174 g/mol. The molecule has 0 saturated carbocycles. The van der Waals surface area contributed by atoms with E-state index in [0.29, 0.717) is 13.1 Å². The van der Waals surface area contributed by atoms with Crippen LogP contribution < -0.4 is 5.73 Å². The highest BCUT2D eigenvalue weighted by atomic mass is 16.3. The first-order chi connectivity index (χ1) is 5.44. The lowest BCUT2D eigenvalue weighted by atomic mass is 10.0. The molecule has 1 unspecified atom stereocenters. The van der Waals surface area contributed by atoms with Gasteiger partial charge < -0.3 is 10.8 Å². The van der Waals surface area contributed by atoms with Gasteiger partial charge in [-0.1, -0.05) is 6.92 Å². The Labute approximate surface area is 75.6 Å². The molecule has 0 radical (unpaired) electrons. The van der Waals surface area contributed by atoms with E-state index < -0.39 is 0 Å². The van der Waals surface area contributed by atoms with Crippen LogP contribution in [-0.4, -0.2) is 41.3 Å². The van der Waals surface area contributed by atoms with Crippen LogP contribution in [0.3, 0.4) is 0 Å². The van der Waals surface area contributed by atoms with Gasteiger partial charge in [0.25, 0.3) is 0 Å². The number of β-amino-alcohol motifs (C(OH)–C–C–N with tert-alkyl or cyclic N) is 1. The van der Waals surface area contributed by atoms with Crippen LogP contribution in [0.4, 0.5) is 0 Å². The molecule has 0 rings (SSSR count). The number of likely N-dealkylation sites (N-methyl/N-ethyl adjacent to an activating group) is 1. The summed E-state index contributed by atoms with van der Waals surface area (Å²) in [5.74, 6) is 0. The fraction of sp³-hybridized carbons (Fsp3) is 1.00. The first kappa shape index (κ1) is 11.9. The van der Waals surface area contributed by atoms with Crippen LogP contribution in [0.25, 0.3) is 0 Å². The summed E-state index contributed by atoms with van der Waals surface area (Å²) in [4.78, 5) is 2.19. The van der Waals surface area contributed by atoms with Crippen molar-refractivity contribution < 1.29 is 5.11 Å². The average Bonchev–Trinajstić information content (AvgIpc) is 1.99. The molecule has 0 bridgehead atoms. The molecule has 0 fully saturated rings. The van der Waals surface area contributed by atoms with Crippen LogP contribution in [0.1, 0.15) is 27.7 Å². The Kier molecular flexibility index (Phi) is 4.75. The quantitative estimate of drug-likeness (QED) is 0.635. The van der Waals surface area contributed by atoms with Gasteiger partial charge in [0.05, 0.1) is 6.10 Å². The number of rotatable bonds is 5. The van der Waals surface area contributed by atoms with Gasteiger partial charge in [0, 0.05) is 18.6 Å². The second-order valence-corrected chi connectivity index (χ2v) is 3.90. The minimum Gasteiger partial charge on any atom is -0.392 e. The maximum atomic E-state index is 9.23. The summed E-state index contributed by atoms with van der Waals surface area (Å²) >= 11 is 0. The molecular formula is C9H22N2O. The summed E-state index contributed by atoms with van der Waals surface area (Å²) in [5, 5.41) is 9.23. The van der Waals surface area contributed by atoms with E-state index in [2.05, 4.69) is 25.7 Å². The van der Waals surface area contributed by atoms with Crippen LogP contribution in [-0.2, 0) is 0 Å². The summed E-state index contributed by atoms with van der Waals surface area (Å²) in [6.45, 7) is 10.3. The molecule has 1 atom stereocenters. The molecule has 0 spiro atoms. The monoisotopic (exact) mass is 174 g/mol. The summed E-state index contributed by atoms with van der Waals surface area (Å²) in [7, 11) is 0. The third kappa shape index (κ3) is 3.52. The second-order valence-electron chi connectivity index (χ2n) is 3.90. The first-order valence-electron chi connectivity index (χ1n) is 4.57. The van der Waals surface area contributed by atoms with Crippen LogP contribution >= 0.6 is 0 Å². The lowest BCUT2D eigenvalue weighted by Crippen LogP contribution is -2.51. The van der Waals surface area contributed by atoms with Crippen LogP contribution in [0.2, 0.25) is 0 Å². The molecule has 0 aromatic rings. The predicted octanol–water partition coefficient (Wildman–Crippen LogP) is 0.426. The van der Waals surface area contributed by atoms with E-state index in [9.17, 15) is 5.11 Å². The fourth-order valence-electron chi connectivity index (χ4n) is 1.25. The minimum absolute atomic E-state index is 0.00819. The van der Waals surface area contributed by atoms with Crippen molar-refractivity contribution in [2.75, 3.05) is 19.6 Å². The number of nitrogens with zero attached hydrogens (tertiary/aromatic N) is 1. The van der Waals surface area contributed by atoms with E-state index in [4.69, 9.17) is 5.73 Å². The molecule has 12 heavy (non-hydrogen) atoms. The van der Waals surface area contributed by atoms with Crippen molar-refractivity contribution in [3.63, 3.8) is 0 Å². The molecule has 0 amide bonds. The number of hydrogen-bond acceptors (Lipinski definition) is 3. The van der Waals surface area contributed by atoms with Gasteiger partial charge in [-0.05, 0) is 27.3 Å². The van der Waals surface area contributed by atoms with Gasteiger partial charge in [-0.3, -0.25) is 4.90 Å². The van der Waals surface area contributed by atoms with Crippen molar-refractivity contribution in [1.29, 1.82) is 0 Å². The van der Waals surface area contributed by atoms with E-state index in [-0.39, 0.29) is 11.6 Å². The van der Waals surface area contributed by atoms with Crippen molar-refractivity contribution >= 4 is 0 Å². The molecule has 0 aromatic heterocycles. The number of aliphatic hydroxyl groups is 1. The third-order valence-electron chi connectivity index (χ3n) is 2.22. The van der Waals surface area contributed by atoms with E-state index in [1.165, 1.54) is 0 Å². The van der Waals surface area contributed by atoms with Gasteiger partial charge in [0.15, 0.2) is 0 Å². The normalized spacial score (nSPS) is 15.2. The van der Waals surface area contributed by atoms with Gasteiger partial charge in [-0.2, -0.15) is 0 Å². The SMILES string of the molecule is CCN(CC(C)O)C(C)(C)CN. The van der Waals surface area contributed by atoms with Crippen molar-refractivity contribution in [2.24, 2.45) is 5.73 Å². The molecule has 0 heterocycles. The van der Waals surface area contributed by atoms with Gasteiger partial charge in [0.1, 0.15) is 0 Å². The highest BCUT2D eigenvalue weighted by Crippen LogP contribution is 2.12.